The number of nitro benzene ring substituents is 1. The third-order valence-electron chi connectivity index (χ3n) is 3.03. The minimum absolute atomic E-state index is 0.0744. The van der Waals surface area contributed by atoms with E-state index in [1.165, 1.54) is 30.3 Å². The maximum absolute atomic E-state index is 11.8. The number of nitrogens with one attached hydrogen (secondary N) is 1. The maximum atomic E-state index is 11.8. The molecule has 0 aliphatic heterocycles. The summed E-state index contributed by atoms with van der Waals surface area (Å²) in [4.78, 5) is 33.7. The minimum Gasteiger partial charge on any atom is -0.480 e. The summed E-state index contributed by atoms with van der Waals surface area (Å²) < 4.78 is 9.91. The molecule has 0 atom stereocenters. The summed E-state index contributed by atoms with van der Waals surface area (Å²) in [5, 5.41) is 14.0. The SMILES string of the molecule is O=C(COC(=O)COc1ccc(Cl)cc1Cl)Nc1ccc(Cl)cc1[N+](=O)[O-]. The van der Waals surface area contributed by atoms with Crippen LogP contribution in [0.1, 0.15) is 0 Å². The molecule has 27 heavy (non-hydrogen) atoms. The Morgan fingerprint density at radius 3 is 2.37 bits per heavy atom. The number of halogens is 3. The first-order valence-electron chi connectivity index (χ1n) is 7.23. The quantitative estimate of drug-likeness (QED) is 0.400. The van der Waals surface area contributed by atoms with Crippen molar-refractivity contribution in [3.8, 4) is 5.75 Å². The van der Waals surface area contributed by atoms with Gasteiger partial charge in [-0.25, -0.2) is 4.79 Å². The van der Waals surface area contributed by atoms with Gasteiger partial charge in [0.15, 0.2) is 13.2 Å². The van der Waals surface area contributed by atoms with E-state index in [4.69, 9.17) is 44.3 Å². The van der Waals surface area contributed by atoms with Crippen molar-refractivity contribution in [2.45, 2.75) is 0 Å². The monoisotopic (exact) mass is 432 g/mol. The van der Waals surface area contributed by atoms with Gasteiger partial charge in [0, 0.05) is 16.1 Å². The number of hydrogen-bond acceptors (Lipinski definition) is 6. The third-order valence-corrected chi connectivity index (χ3v) is 3.80. The standard InChI is InChI=1S/C16H11Cl3N2O6/c17-9-2-4-14(11(19)5-9)26-8-16(23)27-7-15(22)20-12-3-1-10(18)6-13(12)21(24)25/h1-6H,7-8H2,(H,20,22). The lowest BCUT2D eigenvalue weighted by Gasteiger charge is -2.09. The fraction of sp³-hybridized carbons (Fsp3) is 0.125. The number of benzene rings is 2. The number of nitro groups is 1. The predicted molar refractivity (Wildman–Crippen MR) is 99.7 cm³/mol. The Hall–Kier alpha value is -2.55. The molecule has 1 amide bonds. The molecule has 0 saturated heterocycles. The number of nitrogens with zero attached hydrogens (tertiary/aromatic N) is 1. The largest absolute Gasteiger partial charge is 0.480 e. The van der Waals surface area contributed by atoms with Crippen molar-refractivity contribution in [2.24, 2.45) is 0 Å². The highest BCUT2D eigenvalue weighted by molar-refractivity contribution is 6.35. The molecule has 0 unspecified atom stereocenters. The van der Waals surface area contributed by atoms with Gasteiger partial charge in [-0.3, -0.25) is 14.9 Å². The summed E-state index contributed by atoms with van der Waals surface area (Å²) in [7, 11) is 0. The molecule has 0 aromatic heterocycles. The highest BCUT2D eigenvalue weighted by Crippen LogP contribution is 2.28. The summed E-state index contributed by atoms with van der Waals surface area (Å²) in [5.41, 5.74) is -0.461. The van der Waals surface area contributed by atoms with Gasteiger partial charge in [-0.15, -0.1) is 0 Å². The molecule has 0 saturated carbocycles. The van der Waals surface area contributed by atoms with Gasteiger partial charge < -0.3 is 14.8 Å². The zero-order chi connectivity index (χ0) is 20.0. The van der Waals surface area contributed by atoms with E-state index >= 15 is 0 Å². The van der Waals surface area contributed by atoms with Crippen LogP contribution in [0.2, 0.25) is 15.1 Å². The number of anilines is 1. The van der Waals surface area contributed by atoms with Crippen molar-refractivity contribution in [1.29, 1.82) is 0 Å². The van der Waals surface area contributed by atoms with E-state index < -0.39 is 30.0 Å². The van der Waals surface area contributed by atoms with E-state index in [-0.39, 0.29) is 27.2 Å². The second-order valence-corrected chi connectivity index (χ2v) is 6.27. The van der Waals surface area contributed by atoms with Crippen LogP contribution in [-0.4, -0.2) is 30.0 Å². The molecule has 2 rings (SSSR count). The van der Waals surface area contributed by atoms with Crippen molar-refractivity contribution in [1.82, 2.24) is 0 Å². The van der Waals surface area contributed by atoms with Crippen LogP contribution in [0.3, 0.4) is 0 Å². The van der Waals surface area contributed by atoms with Gasteiger partial charge in [0.25, 0.3) is 11.6 Å². The lowest BCUT2D eigenvalue weighted by molar-refractivity contribution is -0.383. The number of carbonyl (C=O) groups is 2. The van der Waals surface area contributed by atoms with E-state index in [0.717, 1.165) is 6.07 Å². The lowest BCUT2D eigenvalue weighted by atomic mass is 10.2. The van der Waals surface area contributed by atoms with Gasteiger partial charge in [-0.05, 0) is 30.3 Å². The molecular weight excluding hydrogens is 423 g/mol. The predicted octanol–water partition coefficient (Wildman–Crippen LogP) is 4.12. The Morgan fingerprint density at radius 1 is 1.04 bits per heavy atom. The summed E-state index contributed by atoms with van der Waals surface area (Å²) in [6.07, 6.45) is 0. The molecule has 0 bridgehead atoms. The molecule has 2 aromatic rings. The summed E-state index contributed by atoms with van der Waals surface area (Å²) >= 11 is 17.3. The van der Waals surface area contributed by atoms with E-state index in [1.807, 2.05) is 0 Å². The minimum atomic E-state index is -0.832. The van der Waals surface area contributed by atoms with Gasteiger partial charge >= 0.3 is 5.97 Å². The van der Waals surface area contributed by atoms with Crippen LogP contribution in [0.25, 0.3) is 0 Å². The first-order valence-corrected chi connectivity index (χ1v) is 8.37. The van der Waals surface area contributed by atoms with Gasteiger partial charge in [-0.1, -0.05) is 34.8 Å². The zero-order valence-corrected chi connectivity index (χ0v) is 15.7. The highest BCUT2D eigenvalue weighted by atomic mass is 35.5. The van der Waals surface area contributed by atoms with E-state index in [0.29, 0.717) is 5.02 Å². The average molecular weight is 434 g/mol. The Labute approximate surface area is 168 Å². The smallest absolute Gasteiger partial charge is 0.344 e. The van der Waals surface area contributed by atoms with Crippen molar-refractivity contribution in [2.75, 3.05) is 18.5 Å². The molecular formula is C16H11Cl3N2O6. The third kappa shape index (κ3) is 6.28. The summed E-state index contributed by atoms with van der Waals surface area (Å²) in [5.74, 6) is -1.38. The van der Waals surface area contributed by atoms with Crippen LogP contribution in [0.5, 0.6) is 5.75 Å². The number of ether oxygens (including phenoxy) is 2. The van der Waals surface area contributed by atoms with Crippen molar-refractivity contribution in [3.05, 3.63) is 61.6 Å². The van der Waals surface area contributed by atoms with E-state index in [2.05, 4.69) is 5.32 Å². The second-order valence-electron chi connectivity index (χ2n) is 4.99. The lowest BCUT2D eigenvalue weighted by Crippen LogP contribution is -2.24. The topological polar surface area (TPSA) is 108 Å². The molecule has 8 nitrogen and oxygen atoms in total. The fourth-order valence-electron chi connectivity index (χ4n) is 1.86. The Kier molecular flexibility index (Phi) is 7.23. The van der Waals surface area contributed by atoms with Crippen LogP contribution < -0.4 is 10.1 Å². The zero-order valence-electron chi connectivity index (χ0n) is 13.4. The number of amides is 1. The van der Waals surface area contributed by atoms with Crippen molar-refractivity contribution < 1.29 is 24.0 Å². The molecule has 1 N–H and O–H groups in total. The van der Waals surface area contributed by atoms with Gasteiger partial charge in [0.2, 0.25) is 0 Å². The Morgan fingerprint density at radius 2 is 1.70 bits per heavy atom. The second kappa shape index (κ2) is 9.40. The molecule has 11 heteroatoms. The van der Waals surface area contributed by atoms with Crippen molar-refractivity contribution in [3.63, 3.8) is 0 Å². The average Bonchev–Trinajstić information content (AvgIpc) is 2.60. The number of carbonyl (C=O) groups excluding carboxylic acids is 2. The highest BCUT2D eigenvalue weighted by Gasteiger charge is 2.17. The fourth-order valence-corrected chi connectivity index (χ4v) is 2.49. The van der Waals surface area contributed by atoms with Gasteiger partial charge in [-0.2, -0.15) is 0 Å². The van der Waals surface area contributed by atoms with Gasteiger partial charge in [0.1, 0.15) is 11.4 Å². The van der Waals surface area contributed by atoms with Crippen LogP contribution in [0.15, 0.2) is 36.4 Å². The Balaban J connectivity index is 1.85. The van der Waals surface area contributed by atoms with Crippen LogP contribution >= 0.6 is 34.8 Å². The number of rotatable bonds is 7. The summed E-state index contributed by atoms with van der Waals surface area (Å²) in [6.45, 7) is -1.15. The van der Waals surface area contributed by atoms with Gasteiger partial charge in [0.05, 0.1) is 9.95 Å². The molecule has 0 fully saturated rings. The normalized spacial score (nSPS) is 10.2. The molecule has 2 aromatic carbocycles. The summed E-state index contributed by atoms with van der Waals surface area (Å²) in [6, 6.07) is 8.18. The van der Waals surface area contributed by atoms with E-state index in [9.17, 15) is 19.7 Å². The van der Waals surface area contributed by atoms with Crippen molar-refractivity contribution >= 4 is 58.1 Å². The van der Waals surface area contributed by atoms with Crippen LogP contribution in [-0.2, 0) is 14.3 Å². The first kappa shape index (κ1) is 20.8. The van der Waals surface area contributed by atoms with Crippen LogP contribution in [0.4, 0.5) is 11.4 Å². The number of hydrogen-bond donors (Lipinski definition) is 1. The molecule has 0 spiro atoms. The first-order chi connectivity index (χ1) is 12.8. The number of esters is 1. The molecule has 0 radical (unpaired) electrons. The Bertz CT molecular complexity index is 890. The van der Waals surface area contributed by atoms with Crippen LogP contribution in [0, 0.1) is 10.1 Å². The maximum Gasteiger partial charge on any atom is 0.344 e. The molecule has 142 valence electrons. The molecule has 0 aliphatic carbocycles. The molecule has 0 aliphatic rings. The molecule has 0 heterocycles. The van der Waals surface area contributed by atoms with E-state index in [1.54, 1.807) is 0 Å².